The van der Waals surface area contributed by atoms with Crippen LogP contribution in [0.5, 0.6) is 0 Å². The molecule has 1 unspecified atom stereocenters. The van der Waals surface area contributed by atoms with E-state index in [2.05, 4.69) is 6.92 Å². The van der Waals surface area contributed by atoms with Crippen LogP contribution in [-0.4, -0.2) is 51.7 Å². The molecule has 0 aromatic heterocycles. The Labute approximate surface area is 181 Å². The van der Waals surface area contributed by atoms with Crippen molar-refractivity contribution in [3.63, 3.8) is 0 Å². The van der Waals surface area contributed by atoms with Gasteiger partial charge in [0.05, 0.1) is 32.8 Å². The molecule has 1 atom stereocenters. The van der Waals surface area contributed by atoms with E-state index in [1.54, 1.807) is 14.2 Å². The van der Waals surface area contributed by atoms with Crippen LogP contribution in [0.4, 0.5) is 0 Å². The molecule has 1 rings (SSSR count). The highest BCUT2D eigenvalue weighted by Crippen LogP contribution is 2.40. The van der Waals surface area contributed by atoms with Gasteiger partial charge < -0.3 is 24.1 Å². The SMILES string of the molecule is CCCCCCCCC(CC(=O)O)C(OCCOC)(OCCOC)c1ccccc1. The number of ether oxygens (including phenoxy) is 4. The Balaban J connectivity index is 3.11. The molecule has 0 radical (unpaired) electrons. The summed E-state index contributed by atoms with van der Waals surface area (Å²) in [4.78, 5) is 11.8. The molecule has 6 heteroatoms. The van der Waals surface area contributed by atoms with Gasteiger partial charge in [0, 0.05) is 25.7 Å². The maximum Gasteiger partial charge on any atom is 0.303 e. The third-order valence-electron chi connectivity index (χ3n) is 5.25. The molecule has 0 amide bonds. The maximum atomic E-state index is 11.8. The third kappa shape index (κ3) is 9.56. The minimum atomic E-state index is -1.15. The van der Waals surface area contributed by atoms with Gasteiger partial charge in [-0.25, -0.2) is 0 Å². The molecule has 1 N–H and O–H groups in total. The first-order chi connectivity index (χ1) is 14.6. The minimum Gasteiger partial charge on any atom is -0.481 e. The first-order valence-electron chi connectivity index (χ1n) is 11.1. The van der Waals surface area contributed by atoms with Crippen LogP contribution in [0.25, 0.3) is 0 Å². The number of hydrogen-bond donors (Lipinski definition) is 1. The molecule has 30 heavy (non-hydrogen) atoms. The van der Waals surface area contributed by atoms with Gasteiger partial charge in [-0.1, -0.05) is 75.8 Å². The lowest BCUT2D eigenvalue weighted by molar-refractivity contribution is -0.286. The predicted molar refractivity (Wildman–Crippen MR) is 118 cm³/mol. The number of unbranched alkanes of at least 4 members (excludes halogenated alkanes) is 5. The maximum absolute atomic E-state index is 11.8. The molecule has 0 saturated heterocycles. The fourth-order valence-electron chi connectivity index (χ4n) is 3.71. The normalized spacial score (nSPS) is 12.8. The third-order valence-corrected chi connectivity index (χ3v) is 5.25. The Morgan fingerprint density at radius 2 is 1.47 bits per heavy atom. The topological polar surface area (TPSA) is 74.2 Å². The largest absolute Gasteiger partial charge is 0.481 e. The van der Waals surface area contributed by atoms with Gasteiger partial charge in [0.25, 0.3) is 0 Å². The lowest BCUT2D eigenvalue weighted by Gasteiger charge is -2.40. The Kier molecular flexibility index (Phi) is 14.4. The van der Waals surface area contributed by atoms with Crippen molar-refractivity contribution < 1.29 is 28.8 Å². The Morgan fingerprint density at radius 3 is 2.00 bits per heavy atom. The number of hydrogen-bond acceptors (Lipinski definition) is 5. The monoisotopic (exact) mass is 424 g/mol. The van der Waals surface area contributed by atoms with Crippen molar-refractivity contribution in [2.24, 2.45) is 5.92 Å². The average Bonchev–Trinajstić information content (AvgIpc) is 2.75. The summed E-state index contributed by atoms with van der Waals surface area (Å²) in [5.74, 6) is -2.32. The number of carboxylic acids is 1. The number of aliphatic carboxylic acids is 1. The first-order valence-corrected chi connectivity index (χ1v) is 11.1. The zero-order valence-electron chi connectivity index (χ0n) is 18.9. The van der Waals surface area contributed by atoms with E-state index < -0.39 is 11.8 Å². The lowest BCUT2D eigenvalue weighted by atomic mass is 9.84. The van der Waals surface area contributed by atoms with E-state index in [-0.39, 0.29) is 12.3 Å². The van der Waals surface area contributed by atoms with E-state index in [9.17, 15) is 9.90 Å². The number of benzene rings is 1. The highest BCUT2D eigenvalue weighted by molar-refractivity contribution is 5.67. The predicted octanol–water partition coefficient (Wildman–Crippen LogP) is 5.01. The lowest BCUT2D eigenvalue weighted by Crippen LogP contribution is -2.43. The van der Waals surface area contributed by atoms with Crippen molar-refractivity contribution in [3.05, 3.63) is 35.9 Å². The standard InChI is InChI=1S/C24H40O6/c1-4-5-6-7-8-10-15-22(20-23(25)26)24(29-18-16-27-2,30-19-17-28-3)21-13-11-9-12-14-21/h9,11-14,22H,4-8,10,15-20H2,1-3H3,(H,25,26). The zero-order chi connectivity index (χ0) is 22.1. The molecule has 0 fully saturated rings. The summed E-state index contributed by atoms with van der Waals surface area (Å²) in [6.45, 7) is 3.62. The van der Waals surface area contributed by atoms with Crippen LogP contribution < -0.4 is 0 Å². The smallest absolute Gasteiger partial charge is 0.303 e. The molecule has 1 aromatic carbocycles. The fraction of sp³-hybridized carbons (Fsp3) is 0.708. The molecular formula is C24H40O6. The second-order valence-electron chi connectivity index (χ2n) is 7.57. The second-order valence-corrected chi connectivity index (χ2v) is 7.57. The van der Waals surface area contributed by atoms with E-state index in [0.717, 1.165) is 18.4 Å². The summed E-state index contributed by atoms with van der Waals surface area (Å²) < 4.78 is 22.9. The zero-order valence-corrected chi connectivity index (χ0v) is 18.9. The van der Waals surface area contributed by atoms with Crippen molar-refractivity contribution in [2.45, 2.75) is 64.1 Å². The summed E-state index contributed by atoms with van der Waals surface area (Å²) in [5.41, 5.74) is 0.828. The van der Waals surface area contributed by atoms with Crippen molar-refractivity contribution in [1.82, 2.24) is 0 Å². The molecule has 0 aliphatic heterocycles. The van der Waals surface area contributed by atoms with Crippen LogP contribution in [-0.2, 0) is 29.5 Å². The summed E-state index contributed by atoms with van der Waals surface area (Å²) in [5, 5.41) is 9.65. The van der Waals surface area contributed by atoms with E-state index in [1.807, 2.05) is 30.3 Å². The van der Waals surface area contributed by atoms with Crippen LogP contribution in [0.2, 0.25) is 0 Å². The Hall–Kier alpha value is -1.47. The van der Waals surface area contributed by atoms with E-state index in [4.69, 9.17) is 18.9 Å². The molecule has 0 saturated carbocycles. The van der Waals surface area contributed by atoms with E-state index >= 15 is 0 Å². The quantitative estimate of drug-likeness (QED) is 0.249. The number of carbonyl (C=O) groups is 1. The Morgan fingerprint density at radius 1 is 0.900 bits per heavy atom. The van der Waals surface area contributed by atoms with Crippen LogP contribution >= 0.6 is 0 Å². The number of methoxy groups -OCH3 is 2. The van der Waals surface area contributed by atoms with Crippen LogP contribution in [0.1, 0.15) is 63.9 Å². The van der Waals surface area contributed by atoms with Gasteiger partial charge in [-0.15, -0.1) is 0 Å². The van der Waals surface area contributed by atoms with Gasteiger partial charge in [-0.2, -0.15) is 0 Å². The van der Waals surface area contributed by atoms with Crippen molar-refractivity contribution in [2.75, 3.05) is 40.6 Å². The first kappa shape index (κ1) is 26.6. The van der Waals surface area contributed by atoms with Gasteiger partial charge in [0.2, 0.25) is 0 Å². The minimum absolute atomic E-state index is 0.0240. The molecule has 0 heterocycles. The summed E-state index contributed by atoms with van der Waals surface area (Å²) in [6, 6.07) is 9.65. The van der Waals surface area contributed by atoms with Gasteiger partial charge in [-0.3, -0.25) is 4.79 Å². The molecular weight excluding hydrogens is 384 g/mol. The summed E-state index contributed by atoms with van der Waals surface area (Å²) >= 11 is 0. The number of rotatable bonds is 19. The van der Waals surface area contributed by atoms with Crippen LogP contribution in [0, 0.1) is 5.92 Å². The average molecular weight is 425 g/mol. The highest BCUT2D eigenvalue weighted by atomic mass is 16.7. The van der Waals surface area contributed by atoms with Gasteiger partial charge in [0.1, 0.15) is 0 Å². The van der Waals surface area contributed by atoms with Crippen LogP contribution in [0.15, 0.2) is 30.3 Å². The molecule has 6 nitrogen and oxygen atoms in total. The Bertz CT molecular complexity index is 538. The molecule has 1 aromatic rings. The molecule has 0 aliphatic rings. The van der Waals surface area contributed by atoms with Gasteiger partial charge in [-0.05, 0) is 6.42 Å². The molecule has 0 aliphatic carbocycles. The highest BCUT2D eigenvalue weighted by Gasteiger charge is 2.43. The molecule has 0 bridgehead atoms. The van der Waals surface area contributed by atoms with Crippen molar-refractivity contribution in [1.29, 1.82) is 0 Å². The van der Waals surface area contributed by atoms with Gasteiger partial charge >= 0.3 is 5.97 Å². The van der Waals surface area contributed by atoms with Crippen LogP contribution in [0.3, 0.4) is 0 Å². The van der Waals surface area contributed by atoms with Crippen molar-refractivity contribution in [3.8, 4) is 0 Å². The van der Waals surface area contributed by atoms with Crippen molar-refractivity contribution >= 4 is 5.97 Å². The second kappa shape index (κ2) is 16.3. The summed E-state index contributed by atoms with van der Waals surface area (Å²) in [7, 11) is 3.23. The number of carboxylic acid groups (broad SMARTS) is 1. The van der Waals surface area contributed by atoms with E-state index in [0.29, 0.717) is 32.8 Å². The van der Waals surface area contributed by atoms with E-state index in [1.165, 1.54) is 25.7 Å². The summed E-state index contributed by atoms with van der Waals surface area (Å²) in [6.07, 6.45) is 7.55. The van der Waals surface area contributed by atoms with Gasteiger partial charge in [0.15, 0.2) is 5.79 Å². The fourth-order valence-corrected chi connectivity index (χ4v) is 3.71. The molecule has 0 spiro atoms. The molecule has 172 valence electrons.